The van der Waals surface area contributed by atoms with Crippen molar-refractivity contribution in [3.63, 3.8) is 0 Å². The molecule has 0 fully saturated rings. The molecule has 0 aromatic heterocycles. The van der Waals surface area contributed by atoms with Gasteiger partial charge < -0.3 is 5.11 Å². The van der Waals surface area contributed by atoms with Crippen LogP contribution < -0.4 is 0 Å². The topological polar surface area (TPSA) is 54.4 Å². The number of carbonyl (C=O) groups excluding carboxylic acids is 1. The number of aliphatic carboxylic acids is 1. The third-order valence-electron chi connectivity index (χ3n) is 3.82. The van der Waals surface area contributed by atoms with Gasteiger partial charge in [-0.05, 0) is 30.3 Å². The largest absolute Gasteiger partial charge is 0.481 e. The van der Waals surface area contributed by atoms with E-state index in [0.717, 1.165) is 0 Å². The number of ketones is 1. The van der Waals surface area contributed by atoms with Gasteiger partial charge in [-0.3, -0.25) is 9.59 Å². The summed E-state index contributed by atoms with van der Waals surface area (Å²) in [6.45, 7) is 7.86. The van der Waals surface area contributed by atoms with Crippen molar-refractivity contribution in [2.75, 3.05) is 0 Å². The summed E-state index contributed by atoms with van der Waals surface area (Å²) >= 11 is 0. The lowest BCUT2D eigenvalue weighted by Gasteiger charge is -2.41. The summed E-state index contributed by atoms with van der Waals surface area (Å²) < 4.78 is 0. The lowest BCUT2D eigenvalue weighted by molar-refractivity contribution is -0.139. The smallest absolute Gasteiger partial charge is 0.303 e. The minimum Gasteiger partial charge on any atom is -0.481 e. The Kier molecular flexibility index (Phi) is 4.49. The van der Waals surface area contributed by atoms with Gasteiger partial charge in [0.25, 0.3) is 0 Å². The number of carboxylic acids is 1. The molecule has 0 saturated carbocycles. The summed E-state index contributed by atoms with van der Waals surface area (Å²) in [6.07, 6.45) is 7.38. The molecule has 0 amide bonds. The monoisotopic (exact) mass is 250 g/mol. The molecule has 0 bridgehead atoms. The van der Waals surface area contributed by atoms with Gasteiger partial charge in [0.15, 0.2) is 5.78 Å². The van der Waals surface area contributed by atoms with Crippen LogP contribution >= 0.6 is 0 Å². The molecule has 0 spiro atoms. The number of carbonyl (C=O) groups is 2. The maximum Gasteiger partial charge on any atom is 0.303 e. The summed E-state index contributed by atoms with van der Waals surface area (Å²) in [6, 6.07) is 0. The molecule has 3 nitrogen and oxygen atoms in total. The van der Waals surface area contributed by atoms with E-state index in [-0.39, 0.29) is 35.4 Å². The molecule has 3 atom stereocenters. The SMILES string of the molecule is C/C=C/C(=O)C1C(C)C(CC(=O)O)C=CC1(C)C. The number of hydrogen-bond acceptors (Lipinski definition) is 2. The second kappa shape index (κ2) is 5.51. The fourth-order valence-electron chi connectivity index (χ4n) is 2.92. The standard InChI is InChI=1S/C15H22O3/c1-5-6-12(16)14-10(2)11(9-13(17)18)7-8-15(14,3)4/h5-8,10-11,14H,9H2,1-4H3,(H,17,18)/b6-5+. The first-order valence-corrected chi connectivity index (χ1v) is 6.37. The van der Waals surface area contributed by atoms with E-state index in [2.05, 4.69) is 0 Å². The molecule has 0 aliphatic heterocycles. The summed E-state index contributed by atoms with van der Waals surface area (Å²) in [5, 5.41) is 8.91. The maximum absolute atomic E-state index is 12.2. The second-order valence-corrected chi connectivity index (χ2v) is 5.68. The zero-order valence-electron chi connectivity index (χ0n) is 11.5. The maximum atomic E-state index is 12.2. The van der Waals surface area contributed by atoms with Crippen LogP contribution in [-0.4, -0.2) is 16.9 Å². The summed E-state index contributed by atoms with van der Waals surface area (Å²) in [4.78, 5) is 23.0. The first-order valence-electron chi connectivity index (χ1n) is 6.37. The highest BCUT2D eigenvalue weighted by Crippen LogP contribution is 2.43. The highest BCUT2D eigenvalue weighted by Gasteiger charge is 2.42. The molecule has 0 aromatic rings. The minimum absolute atomic E-state index is 0.0461. The van der Waals surface area contributed by atoms with E-state index < -0.39 is 5.97 Å². The van der Waals surface area contributed by atoms with Crippen LogP contribution in [0, 0.1) is 23.2 Å². The molecule has 0 aromatic carbocycles. The van der Waals surface area contributed by atoms with Gasteiger partial charge in [0.2, 0.25) is 0 Å². The van der Waals surface area contributed by atoms with Gasteiger partial charge in [-0.2, -0.15) is 0 Å². The first kappa shape index (κ1) is 14.7. The summed E-state index contributed by atoms with van der Waals surface area (Å²) in [7, 11) is 0. The summed E-state index contributed by atoms with van der Waals surface area (Å²) in [5.74, 6) is -0.884. The predicted octanol–water partition coefficient (Wildman–Crippen LogP) is 3.07. The summed E-state index contributed by atoms with van der Waals surface area (Å²) in [5.41, 5.74) is -0.217. The van der Waals surface area contributed by atoms with E-state index >= 15 is 0 Å². The minimum atomic E-state index is -0.812. The van der Waals surface area contributed by atoms with Crippen LogP contribution in [0.15, 0.2) is 24.3 Å². The molecule has 100 valence electrons. The molecular formula is C15H22O3. The van der Waals surface area contributed by atoms with E-state index in [1.165, 1.54) is 0 Å². The fourth-order valence-corrected chi connectivity index (χ4v) is 2.92. The number of allylic oxidation sites excluding steroid dienone is 4. The predicted molar refractivity (Wildman–Crippen MR) is 71.1 cm³/mol. The third kappa shape index (κ3) is 3.09. The van der Waals surface area contributed by atoms with Gasteiger partial charge in [0, 0.05) is 5.92 Å². The van der Waals surface area contributed by atoms with Crippen LogP contribution in [0.3, 0.4) is 0 Å². The Balaban J connectivity index is 3.03. The van der Waals surface area contributed by atoms with E-state index in [4.69, 9.17) is 5.11 Å². The highest BCUT2D eigenvalue weighted by molar-refractivity contribution is 5.92. The van der Waals surface area contributed by atoms with Crippen LogP contribution in [0.1, 0.15) is 34.1 Å². The van der Waals surface area contributed by atoms with Gasteiger partial charge in [0.1, 0.15) is 0 Å². The number of hydrogen-bond donors (Lipinski definition) is 1. The van der Waals surface area contributed by atoms with Crippen LogP contribution in [0.25, 0.3) is 0 Å². The number of rotatable bonds is 4. The Bertz CT molecular complexity index is 391. The van der Waals surface area contributed by atoms with E-state index in [1.54, 1.807) is 12.2 Å². The van der Waals surface area contributed by atoms with Crippen molar-refractivity contribution in [3.8, 4) is 0 Å². The Labute approximate surface area is 109 Å². The van der Waals surface area contributed by atoms with Crippen molar-refractivity contribution in [2.45, 2.75) is 34.1 Å². The second-order valence-electron chi connectivity index (χ2n) is 5.68. The average Bonchev–Trinajstić information content (AvgIpc) is 2.22. The van der Waals surface area contributed by atoms with Crippen molar-refractivity contribution < 1.29 is 14.7 Å². The Morgan fingerprint density at radius 1 is 1.39 bits per heavy atom. The van der Waals surface area contributed by atoms with Crippen LogP contribution in [0.5, 0.6) is 0 Å². The molecule has 0 radical (unpaired) electrons. The van der Waals surface area contributed by atoms with Crippen LogP contribution in [-0.2, 0) is 9.59 Å². The Morgan fingerprint density at radius 3 is 2.50 bits per heavy atom. The normalized spacial score (nSPS) is 30.6. The molecule has 3 unspecified atom stereocenters. The lowest BCUT2D eigenvalue weighted by atomic mass is 9.62. The third-order valence-corrected chi connectivity index (χ3v) is 3.82. The van der Waals surface area contributed by atoms with E-state index in [9.17, 15) is 9.59 Å². The van der Waals surface area contributed by atoms with E-state index in [1.807, 2.05) is 39.8 Å². The lowest BCUT2D eigenvalue weighted by Crippen LogP contribution is -2.40. The van der Waals surface area contributed by atoms with Gasteiger partial charge in [0.05, 0.1) is 6.42 Å². The van der Waals surface area contributed by atoms with Crippen LogP contribution in [0.2, 0.25) is 0 Å². The molecular weight excluding hydrogens is 228 g/mol. The molecule has 0 saturated heterocycles. The quantitative estimate of drug-likeness (QED) is 0.616. The van der Waals surface area contributed by atoms with E-state index in [0.29, 0.717) is 0 Å². The highest BCUT2D eigenvalue weighted by atomic mass is 16.4. The molecule has 1 aliphatic rings. The van der Waals surface area contributed by atoms with Gasteiger partial charge in [-0.25, -0.2) is 0 Å². The molecule has 1 aliphatic carbocycles. The van der Waals surface area contributed by atoms with Gasteiger partial charge in [-0.1, -0.05) is 39.0 Å². The fraction of sp³-hybridized carbons (Fsp3) is 0.600. The number of carboxylic acid groups (broad SMARTS) is 1. The molecule has 18 heavy (non-hydrogen) atoms. The van der Waals surface area contributed by atoms with Crippen molar-refractivity contribution in [2.24, 2.45) is 23.2 Å². The molecule has 0 heterocycles. The van der Waals surface area contributed by atoms with Crippen molar-refractivity contribution in [3.05, 3.63) is 24.3 Å². The van der Waals surface area contributed by atoms with Gasteiger partial charge >= 0.3 is 5.97 Å². The van der Waals surface area contributed by atoms with Crippen LogP contribution in [0.4, 0.5) is 0 Å². The first-order chi connectivity index (χ1) is 8.29. The molecule has 3 heteroatoms. The van der Waals surface area contributed by atoms with Crippen molar-refractivity contribution in [1.29, 1.82) is 0 Å². The Hall–Kier alpha value is -1.38. The average molecular weight is 250 g/mol. The van der Waals surface area contributed by atoms with Crippen molar-refractivity contribution >= 4 is 11.8 Å². The molecule has 1 N–H and O–H groups in total. The molecule has 1 rings (SSSR count). The zero-order valence-corrected chi connectivity index (χ0v) is 11.5. The zero-order chi connectivity index (χ0) is 13.9. The van der Waals surface area contributed by atoms with Gasteiger partial charge in [-0.15, -0.1) is 0 Å². The Morgan fingerprint density at radius 2 is 2.00 bits per heavy atom. The van der Waals surface area contributed by atoms with Crippen molar-refractivity contribution in [1.82, 2.24) is 0 Å².